The van der Waals surface area contributed by atoms with Crippen molar-refractivity contribution in [2.45, 2.75) is 79.1 Å². The molecule has 22 heavy (non-hydrogen) atoms. The van der Waals surface area contributed by atoms with E-state index in [1.165, 1.54) is 82.0 Å². The number of unbranched alkanes of at least 4 members (excludes halogenated alkanes) is 4. The van der Waals surface area contributed by atoms with Crippen molar-refractivity contribution in [1.82, 2.24) is 0 Å². The maximum absolute atomic E-state index is 2.33. The van der Waals surface area contributed by atoms with Crippen LogP contribution in [0.2, 0.25) is 0 Å². The molecule has 0 aromatic carbocycles. The van der Waals surface area contributed by atoms with Gasteiger partial charge in [0.2, 0.25) is 0 Å². The van der Waals surface area contributed by atoms with Gasteiger partial charge < -0.3 is 20.9 Å². The highest BCUT2D eigenvalue weighted by atomic mass is 19.0. The second-order valence-electron chi connectivity index (χ2n) is 5.65. The number of quaternary nitrogens is 1. The topological polar surface area (TPSA) is 94.5 Å². The van der Waals surface area contributed by atoms with E-state index in [0.29, 0.717) is 0 Å². The number of hydrogen-bond acceptors (Lipinski definition) is 0. The molecule has 0 unspecified atom stereocenters. The summed E-state index contributed by atoms with van der Waals surface area (Å²) < 4.78 is 1.42. The monoisotopic (exact) mass is 336 g/mol. The highest BCUT2D eigenvalue weighted by Crippen LogP contribution is 2.16. The van der Waals surface area contributed by atoms with Gasteiger partial charge in [-0.15, -0.1) is 0 Å². The molecule has 0 saturated heterocycles. The van der Waals surface area contributed by atoms with E-state index in [-0.39, 0.29) is 25.8 Å². The molecule has 0 spiro atoms. The van der Waals surface area contributed by atoms with E-state index in [4.69, 9.17) is 0 Å². The van der Waals surface area contributed by atoms with Crippen LogP contribution in [-0.4, -0.2) is 47.1 Å². The summed E-state index contributed by atoms with van der Waals surface area (Å²) in [4.78, 5) is 0. The zero-order valence-corrected chi connectivity index (χ0v) is 15.2. The van der Waals surface area contributed by atoms with E-state index in [2.05, 4.69) is 27.7 Å². The molecular formula is C16H44F2NO3+. The highest BCUT2D eigenvalue weighted by molar-refractivity contribution is 4.49. The molecule has 6 heteroatoms. The quantitative estimate of drug-likeness (QED) is 0.490. The van der Waals surface area contributed by atoms with Crippen molar-refractivity contribution in [3.8, 4) is 0 Å². The van der Waals surface area contributed by atoms with Crippen molar-refractivity contribution in [1.29, 1.82) is 0 Å². The Balaban J connectivity index is -0.000000128. The first-order chi connectivity index (χ1) is 8.24. The Morgan fingerprint density at radius 1 is 0.455 bits per heavy atom. The van der Waals surface area contributed by atoms with Gasteiger partial charge in [0, 0.05) is 0 Å². The van der Waals surface area contributed by atoms with E-state index in [1.807, 2.05) is 0 Å². The minimum atomic E-state index is 0. The van der Waals surface area contributed by atoms with Crippen LogP contribution in [-0.2, 0) is 0 Å². The summed E-state index contributed by atoms with van der Waals surface area (Å²) in [5.74, 6) is 0. The van der Waals surface area contributed by atoms with Crippen molar-refractivity contribution in [3.05, 3.63) is 0 Å². The third-order valence-electron chi connectivity index (χ3n) is 3.94. The fraction of sp³-hybridized carbons (Fsp3) is 1.00. The fourth-order valence-corrected chi connectivity index (χ4v) is 2.64. The van der Waals surface area contributed by atoms with Gasteiger partial charge in [0.05, 0.1) is 26.2 Å². The van der Waals surface area contributed by atoms with Crippen LogP contribution in [0.5, 0.6) is 0 Å². The zero-order chi connectivity index (χ0) is 13.0. The van der Waals surface area contributed by atoms with Crippen molar-refractivity contribution in [2.24, 2.45) is 0 Å². The Hall–Kier alpha value is -0.300. The first-order valence-electron chi connectivity index (χ1n) is 8.09. The lowest BCUT2D eigenvalue weighted by atomic mass is 10.1. The Morgan fingerprint density at radius 2 is 0.636 bits per heavy atom. The smallest absolute Gasteiger partial charge is 0.0786 e. The normalized spacial score (nSPS) is 9.27. The van der Waals surface area contributed by atoms with Crippen LogP contribution in [0.25, 0.3) is 0 Å². The molecule has 0 atom stereocenters. The summed E-state index contributed by atoms with van der Waals surface area (Å²) in [5.41, 5.74) is 0. The number of nitrogens with zero attached hydrogens (tertiary/aromatic N) is 1. The molecule has 0 rings (SSSR count). The van der Waals surface area contributed by atoms with Gasteiger partial charge in [-0.25, -0.2) is 0 Å². The molecule has 0 radical (unpaired) electrons. The van der Waals surface area contributed by atoms with E-state index < -0.39 is 0 Å². The maximum Gasteiger partial charge on any atom is 0.0786 e. The molecule has 0 saturated carbocycles. The lowest BCUT2D eigenvalue weighted by Crippen LogP contribution is -2.50. The largest absolute Gasteiger partial charge is 0.412 e. The molecule has 6 N–H and O–H groups in total. The van der Waals surface area contributed by atoms with Crippen LogP contribution < -0.4 is 0 Å². The molecule has 0 aliphatic heterocycles. The molecule has 0 aliphatic carbocycles. The predicted molar refractivity (Wildman–Crippen MR) is 95.2 cm³/mol. The Morgan fingerprint density at radius 3 is 0.773 bits per heavy atom. The van der Waals surface area contributed by atoms with Crippen LogP contribution in [0.4, 0.5) is 9.41 Å². The molecule has 0 fully saturated rings. The van der Waals surface area contributed by atoms with Crippen molar-refractivity contribution >= 4 is 0 Å². The van der Waals surface area contributed by atoms with Gasteiger partial charge >= 0.3 is 0 Å². The first-order valence-corrected chi connectivity index (χ1v) is 8.09. The minimum absolute atomic E-state index is 0. The van der Waals surface area contributed by atoms with Crippen molar-refractivity contribution in [3.63, 3.8) is 0 Å². The van der Waals surface area contributed by atoms with E-state index in [9.17, 15) is 0 Å². The Labute approximate surface area is 136 Å². The summed E-state index contributed by atoms with van der Waals surface area (Å²) in [7, 11) is 0. The summed E-state index contributed by atoms with van der Waals surface area (Å²) >= 11 is 0. The molecule has 0 bridgehead atoms. The van der Waals surface area contributed by atoms with Crippen LogP contribution >= 0.6 is 0 Å². The standard InChI is InChI=1S/C16H36N.2FH.3H2O/c1-5-9-13-17(14-10-6-2,15-11-7-3)16-12-8-4;;;;;/h5-16H2,1-4H3;2*1H;3*1H2/q+1;;;;;. The molecule has 0 aromatic heterocycles. The second-order valence-corrected chi connectivity index (χ2v) is 5.65. The van der Waals surface area contributed by atoms with Crippen LogP contribution in [0, 0.1) is 0 Å². The number of rotatable bonds is 12. The minimum Gasteiger partial charge on any atom is -0.412 e. The van der Waals surface area contributed by atoms with Gasteiger partial charge in [0.15, 0.2) is 0 Å². The lowest BCUT2D eigenvalue weighted by Gasteiger charge is -2.39. The average molecular weight is 337 g/mol. The molecular weight excluding hydrogens is 292 g/mol. The highest BCUT2D eigenvalue weighted by Gasteiger charge is 2.24. The van der Waals surface area contributed by atoms with Crippen molar-refractivity contribution < 1.29 is 30.3 Å². The van der Waals surface area contributed by atoms with Gasteiger partial charge in [-0.05, 0) is 25.7 Å². The number of hydrogen-bond donors (Lipinski definition) is 0. The van der Waals surface area contributed by atoms with Gasteiger partial charge in [0.25, 0.3) is 0 Å². The summed E-state index contributed by atoms with van der Waals surface area (Å²) in [6.45, 7) is 15.0. The maximum atomic E-state index is 2.33. The van der Waals surface area contributed by atoms with E-state index in [1.54, 1.807) is 0 Å². The molecule has 4 nitrogen and oxygen atoms in total. The molecule has 0 heterocycles. The Kier molecular flexibility index (Phi) is 44.0. The van der Waals surface area contributed by atoms with Crippen LogP contribution in [0.1, 0.15) is 79.1 Å². The second kappa shape index (κ2) is 25.6. The molecule has 0 amide bonds. The summed E-state index contributed by atoms with van der Waals surface area (Å²) in [6, 6.07) is 0. The van der Waals surface area contributed by atoms with E-state index >= 15 is 0 Å². The average Bonchev–Trinajstić information content (AvgIpc) is 2.37. The Bertz CT molecular complexity index is 138. The van der Waals surface area contributed by atoms with Crippen LogP contribution in [0.15, 0.2) is 0 Å². The summed E-state index contributed by atoms with van der Waals surface area (Å²) in [6.07, 6.45) is 11.1. The lowest BCUT2D eigenvalue weighted by molar-refractivity contribution is -0.929. The first kappa shape index (κ1) is 37.7. The van der Waals surface area contributed by atoms with Crippen LogP contribution in [0.3, 0.4) is 0 Å². The van der Waals surface area contributed by atoms with Gasteiger partial charge in [-0.2, -0.15) is 0 Å². The molecule has 0 aromatic rings. The predicted octanol–water partition coefficient (Wildman–Crippen LogP) is 2.83. The SMILES string of the molecule is CCCC[N+](CCCC)(CCCC)CCCC.F.F.O.O.O. The molecule has 144 valence electrons. The fourth-order valence-electron chi connectivity index (χ4n) is 2.64. The zero-order valence-electron chi connectivity index (χ0n) is 15.2. The van der Waals surface area contributed by atoms with Gasteiger partial charge in [-0.3, -0.25) is 9.41 Å². The van der Waals surface area contributed by atoms with Gasteiger partial charge in [0.1, 0.15) is 0 Å². The van der Waals surface area contributed by atoms with Gasteiger partial charge in [-0.1, -0.05) is 53.4 Å². The van der Waals surface area contributed by atoms with E-state index in [0.717, 1.165) is 0 Å². The summed E-state index contributed by atoms with van der Waals surface area (Å²) in [5, 5.41) is 0. The third kappa shape index (κ3) is 17.8. The third-order valence-corrected chi connectivity index (χ3v) is 3.94. The van der Waals surface area contributed by atoms with Crippen molar-refractivity contribution in [2.75, 3.05) is 26.2 Å². The molecule has 0 aliphatic rings. The number of halogens is 2.